The number of carbonyl (C=O) groups is 1. The van der Waals surface area contributed by atoms with E-state index in [9.17, 15) is 14.3 Å². The number of fused-ring (bicyclic) bond motifs is 1. The number of phenolic OH excluding ortho intramolecular Hbond substituents is 1. The van der Waals surface area contributed by atoms with Gasteiger partial charge in [-0.15, -0.1) is 0 Å². The van der Waals surface area contributed by atoms with Gasteiger partial charge < -0.3 is 10.2 Å². The molecule has 0 aliphatic rings. The monoisotopic (exact) mass is 317 g/mol. The molecule has 110 valence electrons. The molecule has 0 aliphatic heterocycles. The number of nitrogens with zero attached hydrogens (tertiary/aromatic N) is 1. The van der Waals surface area contributed by atoms with Crippen LogP contribution in [0.4, 0.5) is 4.39 Å². The third-order valence-electron chi connectivity index (χ3n) is 3.30. The van der Waals surface area contributed by atoms with Gasteiger partial charge in [-0.3, -0.25) is 4.98 Å². The summed E-state index contributed by atoms with van der Waals surface area (Å²) in [6, 6.07) is 8.48. The highest BCUT2D eigenvalue weighted by molar-refractivity contribution is 6.30. The summed E-state index contributed by atoms with van der Waals surface area (Å²) in [5.41, 5.74) is 0.639. The Balaban J connectivity index is 2.35. The molecule has 0 atom stereocenters. The first-order chi connectivity index (χ1) is 10.5. The molecule has 1 heterocycles. The van der Waals surface area contributed by atoms with E-state index < -0.39 is 11.8 Å². The highest BCUT2D eigenvalue weighted by Crippen LogP contribution is 2.35. The van der Waals surface area contributed by atoms with Crippen LogP contribution in [0, 0.1) is 5.82 Å². The Labute approximate surface area is 129 Å². The lowest BCUT2D eigenvalue weighted by molar-refractivity contribution is 0.0697. The highest BCUT2D eigenvalue weighted by atomic mass is 35.5. The van der Waals surface area contributed by atoms with Crippen LogP contribution in [0.3, 0.4) is 0 Å². The van der Waals surface area contributed by atoms with Crippen molar-refractivity contribution < 1.29 is 19.4 Å². The smallest absolute Gasteiger partial charge is 0.335 e. The van der Waals surface area contributed by atoms with Crippen LogP contribution in [0.15, 0.2) is 42.6 Å². The molecule has 4 nitrogen and oxygen atoms in total. The largest absolute Gasteiger partial charge is 0.507 e. The number of hydrogen-bond acceptors (Lipinski definition) is 3. The van der Waals surface area contributed by atoms with Gasteiger partial charge in [0.1, 0.15) is 11.6 Å². The zero-order chi connectivity index (χ0) is 15.9. The number of rotatable bonds is 2. The number of benzene rings is 2. The Morgan fingerprint density at radius 1 is 1.14 bits per heavy atom. The molecule has 0 saturated heterocycles. The molecule has 0 aliphatic carbocycles. The molecule has 0 radical (unpaired) electrons. The van der Waals surface area contributed by atoms with Gasteiger partial charge in [-0.2, -0.15) is 0 Å². The first-order valence-electron chi connectivity index (χ1n) is 6.28. The normalized spacial score (nSPS) is 10.8. The van der Waals surface area contributed by atoms with Crippen LogP contribution in [0.5, 0.6) is 5.75 Å². The summed E-state index contributed by atoms with van der Waals surface area (Å²) in [6.45, 7) is 0. The summed E-state index contributed by atoms with van der Waals surface area (Å²) >= 11 is 5.80. The number of phenols is 1. The standard InChI is InChI=1S/C16H9ClFNO3/c17-9-2-4-11(14(20)6-9)15-12-5-8(16(21)22)1-3-10(12)13(18)7-19-15/h1-7,20H,(H,21,22). The van der Waals surface area contributed by atoms with Crippen molar-refractivity contribution in [3.63, 3.8) is 0 Å². The predicted molar refractivity (Wildman–Crippen MR) is 80.8 cm³/mol. The number of hydrogen-bond donors (Lipinski definition) is 2. The number of halogens is 2. The second-order valence-corrected chi connectivity index (χ2v) is 5.12. The second-order valence-electron chi connectivity index (χ2n) is 4.68. The van der Waals surface area contributed by atoms with E-state index in [1.165, 1.54) is 24.3 Å². The maximum Gasteiger partial charge on any atom is 0.335 e. The van der Waals surface area contributed by atoms with E-state index in [0.29, 0.717) is 16.0 Å². The lowest BCUT2D eigenvalue weighted by Gasteiger charge is -2.09. The van der Waals surface area contributed by atoms with Crippen molar-refractivity contribution in [3.8, 4) is 17.0 Å². The maximum atomic E-state index is 13.9. The maximum absolute atomic E-state index is 13.9. The van der Waals surface area contributed by atoms with Crippen LogP contribution in [0.1, 0.15) is 10.4 Å². The van der Waals surface area contributed by atoms with Crippen molar-refractivity contribution in [3.05, 3.63) is 59.0 Å². The molecule has 2 N–H and O–H groups in total. The first kappa shape index (κ1) is 14.3. The van der Waals surface area contributed by atoms with Crippen molar-refractivity contribution in [1.29, 1.82) is 0 Å². The zero-order valence-corrected chi connectivity index (χ0v) is 11.8. The quantitative estimate of drug-likeness (QED) is 0.746. The van der Waals surface area contributed by atoms with Crippen LogP contribution in [-0.2, 0) is 0 Å². The van der Waals surface area contributed by atoms with Gasteiger partial charge in [-0.25, -0.2) is 9.18 Å². The molecule has 0 spiro atoms. The van der Waals surface area contributed by atoms with Gasteiger partial charge in [-0.05, 0) is 30.3 Å². The van der Waals surface area contributed by atoms with Crippen LogP contribution in [0.25, 0.3) is 22.0 Å². The third kappa shape index (κ3) is 2.35. The van der Waals surface area contributed by atoms with Gasteiger partial charge >= 0.3 is 5.97 Å². The van der Waals surface area contributed by atoms with Crippen molar-refractivity contribution in [2.24, 2.45) is 0 Å². The minimum Gasteiger partial charge on any atom is -0.507 e. The number of aromatic carboxylic acids is 1. The van der Waals surface area contributed by atoms with Gasteiger partial charge in [-0.1, -0.05) is 17.7 Å². The Bertz CT molecular complexity index is 911. The predicted octanol–water partition coefficient (Wildman–Crippen LogP) is 4.10. The van der Waals surface area contributed by atoms with Crippen molar-refractivity contribution in [2.75, 3.05) is 0 Å². The number of pyridine rings is 1. The summed E-state index contributed by atoms with van der Waals surface area (Å²) in [5.74, 6) is -1.81. The minimum atomic E-state index is -1.13. The molecule has 1 aromatic heterocycles. The summed E-state index contributed by atoms with van der Waals surface area (Å²) in [5, 5.41) is 20.0. The molecular formula is C16H9ClFNO3. The molecule has 0 fully saturated rings. The molecule has 0 amide bonds. The molecule has 2 aromatic carbocycles. The number of aromatic hydroxyl groups is 1. The SMILES string of the molecule is O=C(O)c1ccc2c(F)cnc(-c3ccc(Cl)cc3O)c2c1. The van der Waals surface area contributed by atoms with E-state index in [0.717, 1.165) is 6.20 Å². The Hall–Kier alpha value is -2.66. The van der Waals surface area contributed by atoms with Gasteiger partial charge in [0.25, 0.3) is 0 Å². The van der Waals surface area contributed by atoms with Gasteiger partial charge in [0.05, 0.1) is 17.5 Å². The summed E-state index contributed by atoms with van der Waals surface area (Å²) in [7, 11) is 0. The molecule has 22 heavy (non-hydrogen) atoms. The van der Waals surface area contributed by atoms with Gasteiger partial charge in [0, 0.05) is 21.4 Å². The van der Waals surface area contributed by atoms with E-state index >= 15 is 0 Å². The van der Waals surface area contributed by atoms with E-state index in [4.69, 9.17) is 16.7 Å². The summed E-state index contributed by atoms with van der Waals surface area (Å²) in [6.07, 6.45) is 1.03. The number of carboxylic acid groups (broad SMARTS) is 1. The summed E-state index contributed by atoms with van der Waals surface area (Å²) < 4.78 is 13.9. The Morgan fingerprint density at radius 2 is 1.91 bits per heavy atom. The molecule has 6 heteroatoms. The van der Waals surface area contributed by atoms with E-state index in [-0.39, 0.29) is 22.4 Å². The van der Waals surface area contributed by atoms with Crippen LogP contribution in [0.2, 0.25) is 5.02 Å². The average molecular weight is 318 g/mol. The molecule has 3 aromatic rings. The van der Waals surface area contributed by atoms with Gasteiger partial charge in [0.2, 0.25) is 0 Å². The highest BCUT2D eigenvalue weighted by Gasteiger charge is 2.15. The zero-order valence-electron chi connectivity index (χ0n) is 11.0. The van der Waals surface area contributed by atoms with Gasteiger partial charge in [0.15, 0.2) is 0 Å². The van der Waals surface area contributed by atoms with E-state index in [2.05, 4.69) is 4.98 Å². The second kappa shape index (κ2) is 5.27. The average Bonchev–Trinajstić information content (AvgIpc) is 2.48. The molecule has 3 rings (SSSR count). The molecule has 0 unspecified atom stereocenters. The number of carboxylic acids is 1. The Morgan fingerprint density at radius 3 is 2.59 bits per heavy atom. The molecular weight excluding hydrogens is 309 g/mol. The van der Waals surface area contributed by atoms with Crippen LogP contribution in [-0.4, -0.2) is 21.2 Å². The van der Waals surface area contributed by atoms with Crippen molar-refractivity contribution in [1.82, 2.24) is 4.98 Å². The Kier molecular flexibility index (Phi) is 3.42. The fraction of sp³-hybridized carbons (Fsp3) is 0. The van der Waals surface area contributed by atoms with E-state index in [1.54, 1.807) is 12.1 Å². The van der Waals surface area contributed by atoms with Crippen molar-refractivity contribution in [2.45, 2.75) is 0 Å². The fourth-order valence-electron chi connectivity index (χ4n) is 2.26. The lowest BCUT2D eigenvalue weighted by atomic mass is 10.0. The topological polar surface area (TPSA) is 70.4 Å². The first-order valence-corrected chi connectivity index (χ1v) is 6.65. The van der Waals surface area contributed by atoms with Crippen molar-refractivity contribution >= 4 is 28.3 Å². The molecule has 0 bridgehead atoms. The number of aromatic nitrogens is 1. The third-order valence-corrected chi connectivity index (χ3v) is 3.54. The lowest BCUT2D eigenvalue weighted by Crippen LogP contribution is -1.97. The fourth-order valence-corrected chi connectivity index (χ4v) is 2.43. The van der Waals surface area contributed by atoms with E-state index in [1.807, 2.05) is 0 Å². The summed E-state index contributed by atoms with van der Waals surface area (Å²) in [4.78, 5) is 15.1. The molecule has 0 saturated carbocycles. The van der Waals surface area contributed by atoms with Crippen LogP contribution < -0.4 is 0 Å². The van der Waals surface area contributed by atoms with Crippen LogP contribution >= 0.6 is 11.6 Å². The minimum absolute atomic E-state index is 0.00889.